The number of urea groups is 1. The first-order chi connectivity index (χ1) is 18.0. The van der Waals surface area contributed by atoms with Crippen molar-refractivity contribution in [1.82, 2.24) is 9.47 Å². The van der Waals surface area contributed by atoms with E-state index in [1.54, 1.807) is 4.90 Å². The van der Waals surface area contributed by atoms with Gasteiger partial charge in [-0.15, -0.1) is 11.3 Å². The van der Waals surface area contributed by atoms with Crippen molar-refractivity contribution in [3.8, 4) is 10.8 Å². The van der Waals surface area contributed by atoms with Crippen LogP contribution in [0.4, 0.5) is 19.3 Å². The molecule has 4 aromatic rings. The van der Waals surface area contributed by atoms with Crippen LogP contribution < -0.4 is 10.1 Å². The van der Waals surface area contributed by atoms with Crippen molar-refractivity contribution < 1.29 is 18.3 Å². The normalized spacial score (nSPS) is 16.4. The number of hydrogen-bond acceptors (Lipinski definition) is 3. The maximum Gasteiger partial charge on any atom is 0.323 e. The van der Waals surface area contributed by atoms with Crippen molar-refractivity contribution >= 4 is 23.1 Å². The predicted molar refractivity (Wildman–Crippen MR) is 141 cm³/mol. The summed E-state index contributed by atoms with van der Waals surface area (Å²) in [5.41, 5.74) is 4.31. The molecule has 1 N–H and O–H groups in total. The number of thiophene rings is 1. The van der Waals surface area contributed by atoms with Gasteiger partial charge in [0.2, 0.25) is 0 Å². The minimum atomic E-state index is -0.808. The van der Waals surface area contributed by atoms with Gasteiger partial charge < -0.3 is 19.5 Å². The second kappa shape index (κ2) is 9.67. The highest BCUT2D eigenvalue weighted by molar-refractivity contribution is 7.15. The van der Waals surface area contributed by atoms with Gasteiger partial charge in [0.15, 0.2) is 0 Å². The SMILES string of the molecule is CCOc1ccc(C2c3cccn3-c3sc4c(c3CN2C(=O)Nc2ccc(F)cc2F)CCCC4)cc1. The van der Waals surface area contributed by atoms with Crippen LogP contribution in [0.25, 0.3) is 5.00 Å². The summed E-state index contributed by atoms with van der Waals surface area (Å²) in [7, 11) is 0. The van der Waals surface area contributed by atoms with Gasteiger partial charge in [-0.05, 0) is 80.1 Å². The molecule has 190 valence electrons. The molecule has 1 atom stereocenters. The molecule has 2 aromatic heterocycles. The third-order valence-corrected chi connectivity index (χ3v) is 8.45. The summed E-state index contributed by atoms with van der Waals surface area (Å²) in [5, 5.41) is 3.85. The van der Waals surface area contributed by atoms with Gasteiger partial charge in [-0.2, -0.15) is 0 Å². The quantitative estimate of drug-likeness (QED) is 0.309. The van der Waals surface area contributed by atoms with Crippen molar-refractivity contribution in [3.63, 3.8) is 0 Å². The fourth-order valence-electron chi connectivity index (χ4n) is 5.43. The Kier molecular flexibility index (Phi) is 6.20. The molecule has 0 bridgehead atoms. The van der Waals surface area contributed by atoms with E-state index in [0.29, 0.717) is 13.2 Å². The highest BCUT2D eigenvalue weighted by atomic mass is 32.1. The number of aromatic nitrogens is 1. The first kappa shape index (κ1) is 23.7. The van der Waals surface area contributed by atoms with Gasteiger partial charge in [0.25, 0.3) is 0 Å². The minimum absolute atomic E-state index is 0.0518. The van der Waals surface area contributed by atoms with Gasteiger partial charge in [-0.25, -0.2) is 13.6 Å². The zero-order chi connectivity index (χ0) is 25.5. The predicted octanol–water partition coefficient (Wildman–Crippen LogP) is 7.23. The molecule has 5 nitrogen and oxygen atoms in total. The van der Waals surface area contributed by atoms with Gasteiger partial charge in [-0.1, -0.05) is 12.1 Å². The summed E-state index contributed by atoms with van der Waals surface area (Å²) in [4.78, 5) is 17.0. The van der Waals surface area contributed by atoms with Crippen LogP contribution in [0.15, 0.2) is 60.8 Å². The molecular weight excluding hydrogens is 492 g/mol. The van der Waals surface area contributed by atoms with E-state index in [4.69, 9.17) is 4.74 Å². The Hall–Kier alpha value is -3.65. The maximum absolute atomic E-state index is 14.5. The van der Waals surface area contributed by atoms with Gasteiger partial charge >= 0.3 is 6.03 Å². The summed E-state index contributed by atoms with van der Waals surface area (Å²) in [5.74, 6) is -0.740. The van der Waals surface area contributed by atoms with Crippen LogP contribution in [0.5, 0.6) is 5.75 Å². The molecule has 6 rings (SSSR count). The number of nitrogens with zero attached hydrogens (tertiary/aromatic N) is 2. The van der Waals surface area contributed by atoms with Crippen molar-refractivity contribution in [2.75, 3.05) is 11.9 Å². The first-order valence-corrected chi connectivity index (χ1v) is 13.4. The van der Waals surface area contributed by atoms with E-state index in [9.17, 15) is 13.6 Å². The lowest BCUT2D eigenvalue weighted by Crippen LogP contribution is -2.38. The van der Waals surface area contributed by atoms with E-state index in [0.717, 1.165) is 59.0 Å². The monoisotopic (exact) mass is 519 g/mol. The molecule has 1 aliphatic carbocycles. The Labute approximate surface area is 218 Å². The summed E-state index contributed by atoms with van der Waals surface area (Å²) in [6.45, 7) is 2.88. The van der Waals surface area contributed by atoms with Crippen LogP contribution in [0.2, 0.25) is 0 Å². The van der Waals surface area contributed by atoms with Crippen molar-refractivity contribution in [3.05, 3.63) is 99.7 Å². The molecule has 0 fully saturated rings. The van der Waals surface area contributed by atoms with Crippen molar-refractivity contribution in [2.45, 2.75) is 45.2 Å². The van der Waals surface area contributed by atoms with Gasteiger partial charge in [0.1, 0.15) is 22.4 Å². The van der Waals surface area contributed by atoms with Gasteiger partial charge in [0.05, 0.1) is 30.6 Å². The van der Waals surface area contributed by atoms with Crippen LogP contribution >= 0.6 is 11.3 Å². The van der Waals surface area contributed by atoms with Gasteiger partial charge in [-0.3, -0.25) is 0 Å². The molecule has 2 aromatic carbocycles. The Bertz CT molecular complexity index is 1460. The molecule has 37 heavy (non-hydrogen) atoms. The average Bonchev–Trinajstić information content (AvgIpc) is 3.48. The summed E-state index contributed by atoms with van der Waals surface area (Å²) >= 11 is 1.81. The molecule has 3 heterocycles. The lowest BCUT2D eigenvalue weighted by Gasteiger charge is -2.31. The van der Waals surface area contributed by atoms with E-state index < -0.39 is 23.7 Å². The highest BCUT2D eigenvalue weighted by Crippen LogP contribution is 2.44. The molecule has 1 aliphatic heterocycles. The fourth-order valence-corrected chi connectivity index (χ4v) is 6.83. The number of fused-ring (bicyclic) bond motifs is 5. The highest BCUT2D eigenvalue weighted by Gasteiger charge is 2.36. The molecular formula is C29H27F2N3O2S. The van der Waals surface area contributed by atoms with Crippen LogP contribution in [-0.2, 0) is 19.4 Å². The molecule has 2 amide bonds. The van der Waals surface area contributed by atoms with Gasteiger partial charge in [0, 0.05) is 22.7 Å². The van der Waals surface area contributed by atoms with Crippen LogP contribution in [0.3, 0.4) is 0 Å². The summed E-state index contributed by atoms with van der Waals surface area (Å²) in [6, 6.07) is 14.1. The number of rotatable bonds is 4. The Balaban J connectivity index is 1.47. The van der Waals surface area contributed by atoms with E-state index in [-0.39, 0.29) is 5.69 Å². The van der Waals surface area contributed by atoms with Crippen LogP contribution in [0, 0.1) is 11.6 Å². The molecule has 8 heteroatoms. The van der Waals surface area contributed by atoms with E-state index in [1.165, 1.54) is 22.9 Å². The second-order valence-corrected chi connectivity index (χ2v) is 10.5. The number of aryl methyl sites for hydroxylation is 1. The summed E-state index contributed by atoms with van der Waals surface area (Å²) in [6.07, 6.45) is 6.41. The topological polar surface area (TPSA) is 46.5 Å². The standard InChI is InChI=1S/C29H27F2N3O2S/c1-2-36-20-12-9-18(10-13-20)27-25-7-5-15-33(25)28-22(21-6-3-4-8-26(21)37-28)17-34(27)29(35)32-24-14-11-19(30)16-23(24)31/h5,7,9-16,27H,2-4,6,8,17H2,1H3,(H,32,35). The number of halogens is 2. The van der Waals surface area contributed by atoms with Crippen LogP contribution in [0.1, 0.15) is 53.1 Å². The number of ether oxygens (including phenoxy) is 1. The van der Waals surface area contributed by atoms with Crippen molar-refractivity contribution in [1.29, 1.82) is 0 Å². The number of anilines is 1. The molecule has 0 saturated heterocycles. The molecule has 0 radical (unpaired) electrons. The largest absolute Gasteiger partial charge is 0.494 e. The van der Waals surface area contributed by atoms with Crippen molar-refractivity contribution in [2.24, 2.45) is 0 Å². The molecule has 0 spiro atoms. The smallest absolute Gasteiger partial charge is 0.323 e. The Morgan fingerprint density at radius 3 is 2.68 bits per heavy atom. The number of amides is 2. The number of carbonyl (C=O) groups excluding carboxylic acids is 1. The maximum atomic E-state index is 14.5. The van der Waals surface area contributed by atoms with Crippen LogP contribution in [-0.4, -0.2) is 22.1 Å². The zero-order valence-electron chi connectivity index (χ0n) is 20.5. The van der Waals surface area contributed by atoms with E-state index >= 15 is 0 Å². The lowest BCUT2D eigenvalue weighted by atomic mass is 9.95. The Morgan fingerprint density at radius 1 is 1.08 bits per heavy atom. The lowest BCUT2D eigenvalue weighted by molar-refractivity contribution is 0.194. The first-order valence-electron chi connectivity index (χ1n) is 12.6. The average molecular weight is 520 g/mol. The fraction of sp³-hybridized carbons (Fsp3) is 0.276. The molecule has 1 unspecified atom stereocenters. The number of carbonyl (C=O) groups is 1. The zero-order valence-corrected chi connectivity index (χ0v) is 21.3. The van der Waals surface area contributed by atoms with E-state index in [2.05, 4.69) is 16.1 Å². The Morgan fingerprint density at radius 2 is 1.89 bits per heavy atom. The number of nitrogens with one attached hydrogen (secondary N) is 1. The van der Waals surface area contributed by atoms with E-state index in [1.807, 2.05) is 54.7 Å². The third-order valence-electron chi connectivity index (χ3n) is 7.12. The second-order valence-electron chi connectivity index (χ2n) is 9.38. The number of hydrogen-bond donors (Lipinski definition) is 1. The molecule has 0 saturated carbocycles. The molecule has 2 aliphatic rings. The number of benzene rings is 2. The third kappa shape index (κ3) is 4.29. The minimum Gasteiger partial charge on any atom is -0.494 e. The summed E-state index contributed by atoms with van der Waals surface area (Å²) < 4.78 is 35.9.